The van der Waals surface area contributed by atoms with E-state index >= 15 is 0 Å². The van der Waals surface area contributed by atoms with Crippen LogP contribution in [0.15, 0.2) is 66.7 Å². The topological polar surface area (TPSA) is 51.0 Å². The lowest BCUT2D eigenvalue weighted by Gasteiger charge is -2.22. The fourth-order valence-corrected chi connectivity index (χ4v) is 4.13. The number of hydrogen-bond donors (Lipinski definition) is 0. The number of amides is 1. The van der Waals surface area contributed by atoms with Gasteiger partial charge in [0.1, 0.15) is 12.1 Å². The third kappa shape index (κ3) is 4.28. The third-order valence-corrected chi connectivity index (χ3v) is 5.70. The predicted molar refractivity (Wildman–Crippen MR) is 112 cm³/mol. The molecule has 142 valence electrons. The van der Waals surface area contributed by atoms with Crippen molar-refractivity contribution in [3.8, 4) is 0 Å². The lowest BCUT2D eigenvalue weighted by atomic mass is 10.1. The molecular formula is C22H22N4OS. The van der Waals surface area contributed by atoms with Gasteiger partial charge in [0.2, 0.25) is 5.91 Å². The second-order valence-corrected chi connectivity index (χ2v) is 8.17. The monoisotopic (exact) mass is 390 g/mol. The van der Waals surface area contributed by atoms with Crippen molar-refractivity contribution in [1.82, 2.24) is 19.9 Å². The summed E-state index contributed by atoms with van der Waals surface area (Å²) < 4.78 is 1.69. The van der Waals surface area contributed by atoms with Gasteiger partial charge in [-0.3, -0.25) is 4.79 Å². The van der Waals surface area contributed by atoms with Crippen molar-refractivity contribution in [2.45, 2.75) is 26.4 Å². The second kappa shape index (κ2) is 8.35. The smallest absolute Gasteiger partial charge is 0.244 e. The van der Waals surface area contributed by atoms with Crippen LogP contribution in [-0.2, 0) is 24.3 Å². The highest BCUT2D eigenvalue weighted by Gasteiger charge is 2.17. The number of aryl methyl sites for hydroxylation is 1. The lowest BCUT2D eigenvalue weighted by Crippen LogP contribution is -2.35. The molecule has 6 heteroatoms. The number of hydrogen-bond acceptors (Lipinski definition) is 4. The Kier molecular flexibility index (Phi) is 5.48. The van der Waals surface area contributed by atoms with Gasteiger partial charge in [-0.25, -0.2) is 4.68 Å². The van der Waals surface area contributed by atoms with Crippen LogP contribution in [0.2, 0.25) is 0 Å². The maximum Gasteiger partial charge on any atom is 0.244 e. The van der Waals surface area contributed by atoms with Gasteiger partial charge >= 0.3 is 0 Å². The Morgan fingerprint density at radius 1 is 1.04 bits per heavy atom. The maximum atomic E-state index is 13.1. The molecule has 0 bridgehead atoms. The Hall–Kier alpha value is -2.99. The molecule has 0 fully saturated rings. The molecule has 0 unspecified atom stereocenters. The number of benzene rings is 2. The highest BCUT2D eigenvalue weighted by Crippen LogP contribution is 2.18. The van der Waals surface area contributed by atoms with E-state index in [0.29, 0.717) is 13.1 Å². The number of aromatic nitrogens is 3. The Labute approximate surface area is 168 Å². The first-order valence-electron chi connectivity index (χ1n) is 9.34. The minimum absolute atomic E-state index is 0.0534. The molecule has 4 rings (SSSR count). The van der Waals surface area contributed by atoms with E-state index in [1.165, 1.54) is 15.3 Å². The Bertz CT molecular complexity index is 1070. The molecule has 0 radical (unpaired) electrons. The highest BCUT2D eigenvalue weighted by molar-refractivity contribution is 7.11. The molecule has 5 nitrogen and oxygen atoms in total. The van der Waals surface area contributed by atoms with Crippen LogP contribution in [0, 0.1) is 6.92 Å². The molecule has 0 aliphatic rings. The summed E-state index contributed by atoms with van der Waals surface area (Å²) in [5.41, 5.74) is 2.92. The van der Waals surface area contributed by atoms with Crippen LogP contribution in [0.1, 0.15) is 15.3 Å². The van der Waals surface area contributed by atoms with Crippen LogP contribution in [-0.4, -0.2) is 32.3 Å². The summed E-state index contributed by atoms with van der Waals surface area (Å²) >= 11 is 1.74. The summed E-state index contributed by atoms with van der Waals surface area (Å²) in [7, 11) is 0. The Balaban J connectivity index is 1.51. The van der Waals surface area contributed by atoms with Gasteiger partial charge in [-0.05, 0) is 43.2 Å². The minimum atomic E-state index is 0.0534. The van der Waals surface area contributed by atoms with Gasteiger partial charge < -0.3 is 4.90 Å². The standard InChI is InChI=1S/C22H22N4OS/c1-17-11-12-19(28-17)15-25(14-13-18-7-3-2-4-8-18)22(27)16-26-21-10-6-5-9-20(21)23-24-26/h2-12H,13-16H2,1H3. The van der Waals surface area contributed by atoms with Gasteiger partial charge in [0.15, 0.2) is 0 Å². The molecule has 1 amide bonds. The van der Waals surface area contributed by atoms with Crippen LogP contribution in [0.25, 0.3) is 11.0 Å². The van der Waals surface area contributed by atoms with E-state index in [-0.39, 0.29) is 12.5 Å². The van der Waals surface area contributed by atoms with Gasteiger partial charge in [0, 0.05) is 16.3 Å². The fourth-order valence-electron chi connectivity index (χ4n) is 3.22. The number of nitrogens with zero attached hydrogens (tertiary/aromatic N) is 4. The van der Waals surface area contributed by atoms with Crippen LogP contribution < -0.4 is 0 Å². The summed E-state index contributed by atoms with van der Waals surface area (Å²) in [5, 5.41) is 8.33. The van der Waals surface area contributed by atoms with Gasteiger partial charge in [0.25, 0.3) is 0 Å². The molecule has 0 atom stereocenters. The van der Waals surface area contributed by atoms with Gasteiger partial charge in [-0.1, -0.05) is 47.7 Å². The molecule has 2 aromatic heterocycles. The Morgan fingerprint density at radius 3 is 2.61 bits per heavy atom. The number of para-hydroxylation sites is 1. The zero-order chi connectivity index (χ0) is 19.3. The average molecular weight is 391 g/mol. The number of thiophene rings is 1. The fraction of sp³-hybridized carbons (Fsp3) is 0.227. The largest absolute Gasteiger partial charge is 0.336 e. The number of carbonyl (C=O) groups excluding carboxylic acids is 1. The van der Waals surface area contributed by atoms with Crippen LogP contribution >= 0.6 is 11.3 Å². The van der Waals surface area contributed by atoms with E-state index in [4.69, 9.17) is 0 Å². The summed E-state index contributed by atoms with van der Waals surface area (Å²) in [6, 6.07) is 22.2. The maximum absolute atomic E-state index is 13.1. The van der Waals surface area contributed by atoms with Crippen molar-refractivity contribution >= 4 is 28.3 Å². The molecule has 0 saturated heterocycles. The Morgan fingerprint density at radius 2 is 1.82 bits per heavy atom. The minimum Gasteiger partial charge on any atom is -0.336 e. The van der Waals surface area contributed by atoms with Gasteiger partial charge in [-0.15, -0.1) is 16.4 Å². The zero-order valence-electron chi connectivity index (χ0n) is 15.8. The predicted octanol–water partition coefficient (Wildman–Crippen LogP) is 4.07. The summed E-state index contributed by atoms with van der Waals surface area (Å²) in [4.78, 5) is 17.5. The summed E-state index contributed by atoms with van der Waals surface area (Å²) in [5.74, 6) is 0.0534. The highest BCUT2D eigenvalue weighted by atomic mass is 32.1. The van der Waals surface area contributed by atoms with E-state index in [2.05, 4.69) is 41.5 Å². The van der Waals surface area contributed by atoms with Crippen molar-refractivity contribution in [1.29, 1.82) is 0 Å². The summed E-state index contributed by atoms with van der Waals surface area (Å²) in [6.45, 7) is 3.58. The molecule has 0 N–H and O–H groups in total. The molecule has 0 aliphatic heterocycles. The van der Waals surface area contributed by atoms with Crippen molar-refractivity contribution < 1.29 is 4.79 Å². The van der Waals surface area contributed by atoms with E-state index in [9.17, 15) is 4.79 Å². The van der Waals surface area contributed by atoms with Crippen LogP contribution in [0.3, 0.4) is 0 Å². The molecule has 2 heterocycles. The van der Waals surface area contributed by atoms with Gasteiger partial charge in [-0.2, -0.15) is 0 Å². The van der Waals surface area contributed by atoms with E-state index in [1.807, 2.05) is 47.4 Å². The summed E-state index contributed by atoms with van der Waals surface area (Å²) in [6.07, 6.45) is 0.828. The van der Waals surface area contributed by atoms with Crippen molar-refractivity contribution in [3.05, 3.63) is 82.0 Å². The van der Waals surface area contributed by atoms with Crippen molar-refractivity contribution in [2.24, 2.45) is 0 Å². The molecule has 28 heavy (non-hydrogen) atoms. The zero-order valence-corrected chi connectivity index (χ0v) is 16.6. The third-order valence-electron chi connectivity index (χ3n) is 4.71. The molecule has 0 aliphatic carbocycles. The SMILES string of the molecule is Cc1ccc(CN(CCc2ccccc2)C(=O)Cn2nnc3ccccc32)s1. The average Bonchev–Trinajstić information content (AvgIpc) is 3.32. The van der Waals surface area contributed by atoms with Crippen LogP contribution in [0.4, 0.5) is 0 Å². The number of fused-ring (bicyclic) bond motifs is 1. The van der Waals surface area contributed by atoms with E-state index < -0.39 is 0 Å². The molecular weight excluding hydrogens is 368 g/mol. The number of rotatable bonds is 7. The van der Waals surface area contributed by atoms with Crippen molar-refractivity contribution in [2.75, 3.05) is 6.54 Å². The lowest BCUT2D eigenvalue weighted by molar-refractivity contribution is -0.132. The number of carbonyl (C=O) groups is 1. The van der Waals surface area contributed by atoms with E-state index in [1.54, 1.807) is 16.0 Å². The quantitative estimate of drug-likeness (QED) is 0.478. The first-order chi connectivity index (χ1) is 13.7. The van der Waals surface area contributed by atoms with Crippen LogP contribution in [0.5, 0.6) is 0 Å². The first kappa shape index (κ1) is 18.4. The molecule has 0 saturated carbocycles. The molecule has 4 aromatic rings. The van der Waals surface area contributed by atoms with E-state index in [0.717, 1.165) is 17.5 Å². The normalized spacial score (nSPS) is 11.0. The molecule has 2 aromatic carbocycles. The first-order valence-corrected chi connectivity index (χ1v) is 10.2. The van der Waals surface area contributed by atoms with Crippen molar-refractivity contribution in [3.63, 3.8) is 0 Å². The molecule has 0 spiro atoms. The van der Waals surface area contributed by atoms with Gasteiger partial charge in [0.05, 0.1) is 12.1 Å². The second-order valence-electron chi connectivity index (χ2n) is 6.80.